The van der Waals surface area contributed by atoms with Gasteiger partial charge in [-0.25, -0.2) is 0 Å². The summed E-state index contributed by atoms with van der Waals surface area (Å²) in [6.45, 7) is 4.38. The first-order valence-corrected chi connectivity index (χ1v) is 5.43. The smallest absolute Gasteiger partial charge is 0.0178 e. The zero-order chi connectivity index (χ0) is 10.7. The average molecular weight is 196 g/mol. The first-order chi connectivity index (χ1) is 7.25. The maximum atomic E-state index is 2.23. The molecule has 0 radical (unpaired) electrons. The molecule has 0 aliphatic rings. The number of hydrogen-bond acceptors (Lipinski definition) is 0. The maximum absolute atomic E-state index is 2.23. The predicted octanol–water partition coefficient (Wildman–Crippen LogP) is 4.51. The van der Waals surface area contributed by atoms with Crippen molar-refractivity contribution in [1.82, 2.24) is 0 Å². The third-order valence-corrected chi connectivity index (χ3v) is 2.45. The Balaban J connectivity index is 2.39. The van der Waals surface area contributed by atoms with Gasteiger partial charge in [0.2, 0.25) is 0 Å². The van der Waals surface area contributed by atoms with Crippen LogP contribution in [0.15, 0.2) is 48.5 Å². The largest absolute Gasteiger partial charge is 0.0814 e. The van der Waals surface area contributed by atoms with Crippen LogP contribution in [-0.4, -0.2) is 0 Å². The Hall–Kier alpha value is -1.56. The van der Waals surface area contributed by atoms with E-state index in [1.807, 2.05) is 0 Å². The van der Waals surface area contributed by atoms with Crippen LogP contribution in [0.1, 0.15) is 19.4 Å². The molecule has 0 saturated heterocycles. The van der Waals surface area contributed by atoms with Crippen LogP contribution in [0.3, 0.4) is 0 Å². The van der Waals surface area contributed by atoms with Crippen molar-refractivity contribution in [2.24, 2.45) is 5.92 Å². The molecule has 0 aliphatic heterocycles. The van der Waals surface area contributed by atoms with E-state index in [0.717, 1.165) is 0 Å². The highest BCUT2D eigenvalue weighted by Gasteiger charge is 1.93. The Morgan fingerprint density at radius 3 is 2.40 bits per heavy atom. The molecule has 0 bridgehead atoms. The monoisotopic (exact) mass is 196 g/mol. The summed E-state index contributed by atoms with van der Waals surface area (Å²) < 4.78 is 0. The minimum Gasteiger partial charge on any atom is -0.0814 e. The first kappa shape index (κ1) is 9.97. The highest BCUT2D eigenvalue weighted by Crippen LogP contribution is 2.16. The Morgan fingerprint density at radius 2 is 1.67 bits per heavy atom. The summed E-state index contributed by atoms with van der Waals surface area (Å²) in [5.74, 6) is 0.608. The lowest BCUT2D eigenvalue weighted by Gasteiger charge is -1.99. The summed E-state index contributed by atoms with van der Waals surface area (Å²) in [4.78, 5) is 0. The van der Waals surface area contributed by atoms with E-state index in [1.54, 1.807) is 0 Å². The molecule has 2 aromatic carbocycles. The minimum absolute atomic E-state index is 0.608. The third kappa shape index (κ3) is 2.47. The fraction of sp³-hybridized carbons (Fsp3) is 0.200. The van der Waals surface area contributed by atoms with Gasteiger partial charge >= 0.3 is 0 Å². The van der Waals surface area contributed by atoms with E-state index < -0.39 is 0 Å². The Morgan fingerprint density at radius 1 is 0.933 bits per heavy atom. The maximum Gasteiger partial charge on any atom is -0.0178 e. The zero-order valence-electron chi connectivity index (χ0n) is 9.27. The standard InChI is InChI=1S/C15H16/c1-12(2)7-8-13-9-10-14-5-3-4-6-15(14)11-13/h3-12H,1-2H3. The van der Waals surface area contributed by atoms with E-state index in [0.29, 0.717) is 5.92 Å². The van der Waals surface area contributed by atoms with Crippen LogP contribution in [0.25, 0.3) is 16.8 Å². The van der Waals surface area contributed by atoms with Crippen LogP contribution in [0, 0.1) is 5.92 Å². The highest BCUT2D eigenvalue weighted by molar-refractivity contribution is 5.84. The fourth-order valence-electron chi connectivity index (χ4n) is 1.62. The van der Waals surface area contributed by atoms with E-state index in [9.17, 15) is 0 Å². The van der Waals surface area contributed by atoms with Gasteiger partial charge in [0.25, 0.3) is 0 Å². The highest BCUT2D eigenvalue weighted by atomic mass is 14.0. The topological polar surface area (TPSA) is 0 Å². The van der Waals surface area contributed by atoms with Gasteiger partial charge in [-0.3, -0.25) is 0 Å². The van der Waals surface area contributed by atoms with Crippen LogP contribution >= 0.6 is 0 Å². The number of benzene rings is 2. The molecule has 0 aliphatic carbocycles. The third-order valence-electron chi connectivity index (χ3n) is 2.45. The second-order valence-electron chi connectivity index (χ2n) is 4.21. The van der Waals surface area contributed by atoms with Crippen molar-refractivity contribution in [3.8, 4) is 0 Å². The molecule has 0 unspecified atom stereocenters. The van der Waals surface area contributed by atoms with Crippen LogP contribution in [0.5, 0.6) is 0 Å². The summed E-state index contributed by atoms with van der Waals surface area (Å²) in [6, 6.07) is 15.0. The van der Waals surface area contributed by atoms with Gasteiger partial charge in [-0.2, -0.15) is 0 Å². The van der Waals surface area contributed by atoms with Crippen molar-refractivity contribution in [1.29, 1.82) is 0 Å². The lowest BCUT2D eigenvalue weighted by molar-refractivity contribution is 0.836. The van der Waals surface area contributed by atoms with E-state index in [4.69, 9.17) is 0 Å². The SMILES string of the molecule is CC(C)C=Cc1ccc2ccccc2c1. The molecule has 2 aromatic rings. The van der Waals surface area contributed by atoms with Crippen molar-refractivity contribution in [2.75, 3.05) is 0 Å². The van der Waals surface area contributed by atoms with Crippen molar-refractivity contribution < 1.29 is 0 Å². The van der Waals surface area contributed by atoms with Crippen LogP contribution in [-0.2, 0) is 0 Å². The molecule has 0 N–H and O–H groups in total. The average Bonchev–Trinajstić information content (AvgIpc) is 2.26. The summed E-state index contributed by atoms with van der Waals surface area (Å²) in [5.41, 5.74) is 1.28. The molecule has 0 nitrogen and oxygen atoms in total. The summed E-state index contributed by atoms with van der Waals surface area (Å²) in [6.07, 6.45) is 4.42. The number of fused-ring (bicyclic) bond motifs is 1. The van der Waals surface area contributed by atoms with Crippen molar-refractivity contribution in [3.05, 3.63) is 54.1 Å². The minimum atomic E-state index is 0.608. The lowest BCUT2D eigenvalue weighted by Crippen LogP contribution is -1.78. The quantitative estimate of drug-likeness (QED) is 0.663. The second kappa shape index (κ2) is 4.31. The van der Waals surface area contributed by atoms with Gasteiger partial charge in [0, 0.05) is 0 Å². The van der Waals surface area contributed by atoms with E-state index in [2.05, 4.69) is 68.5 Å². The van der Waals surface area contributed by atoms with E-state index in [1.165, 1.54) is 16.3 Å². The molecular formula is C15H16. The molecule has 76 valence electrons. The zero-order valence-corrected chi connectivity index (χ0v) is 9.27. The molecule has 0 heterocycles. The molecule has 0 saturated carbocycles. The summed E-state index contributed by atoms with van der Waals surface area (Å²) in [5, 5.41) is 2.61. The van der Waals surface area contributed by atoms with Gasteiger partial charge in [0.1, 0.15) is 0 Å². The fourth-order valence-corrected chi connectivity index (χ4v) is 1.62. The normalized spacial score (nSPS) is 11.7. The molecule has 0 spiro atoms. The van der Waals surface area contributed by atoms with Gasteiger partial charge in [-0.15, -0.1) is 0 Å². The number of rotatable bonds is 2. The summed E-state index contributed by atoms with van der Waals surface area (Å²) >= 11 is 0. The molecule has 0 fully saturated rings. The molecular weight excluding hydrogens is 180 g/mol. The Labute approximate surface area is 91.2 Å². The summed E-state index contributed by atoms with van der Waals surface area (Å²) in [7, 11) is 0. The van der Waals surface area contributed by atoms with Gasteiger partial charge in [-0.05, 0) is 28.3 Å². The number of allylic oxidation sites excluding steroid dienone is 1. The van der Waals surface area contributed by atoms with Crippen molar-refractivity contribution >= 4 is 16.8 Å². The Bertz CT molecular complexity index is 478. The van der Waals surface area contributed by atoms with Crippen molar-refractivity contribution in [2.45, 2.75) is 13.8 Å². The molecule has 0 aromatic heterocycles. The molecule has 0 atom stereocenters. The van der Waals surface area contributed by atoms with Gasteiger partial charge < -0.3 is 0 Å². The number of hydrogen-bond donors (Lipinski definition) is 0. The van der Waals surface area contributed by atoms with Gasteiger partial charge in [0.05, 0.1) is 0 Å². The van der Waals surface area contributed by atoms with Crippen molar-refractivity contribution in [3.63, 3.8) is 0 Å². The molecule has 0 heteroatoms. The van der Waals surface area contributed by atoms with E-state index in [-0.39, 0.29) is 0 Å². The van der Waals surface area contributed by atoms with Gasteiger partial charge in [-0.1, -0.05) is 62.4 Å². The predicted molar refractivity (Wildman–Crippen MR) is 67.8 cm³/mol. The van der Waals surface area contributed by atoms with Crippen LogP contribution in [0.2, 0.25) is 0 Å². The first-order valence-electron chi connectivity index (χ1n) is 5.43. The van der Waals surface area contributed by atoms with Gasteiger partial charge in [0.15, 0.2) is 0 Å². The molecule has 15 heavy (non-hydrogen) atoms. The van der Waals surface area contributed by atoms with E-state index >= 15 is 0 Å². The van der Waals surface area contributed by atoms with Crippen LogP contribution < -0.4 is 0 Å². The van der Waals surface area contributed by atoms with Crippen LogP contribution in [0.4, 0.5) is 0 Å². The molecule has 2 rings (SSSR count). The second-order valence-corrected chi connectivity index (χ2v) is 4.21. The lowest BCUT2D eigenvalue weighted by atomic mass is 10.1. The Kier molecular flexibility index (Phi) is 2.86. The molecule has 0 amide bonds.